The Hall–Kier alpha value is -4.69. The normalized spacial score (nSPS) is 28.8. The van der Waals surface area contributed by atoms with Gasteiger partial charge in [-0.15, -0.1) is 0 Å². The summed E-state index contributed by atoms with van der Waals surface area (Å²) in [5, 5.41) is 31.6. The van der Waals surface area contributed by atoms with E-state index in [4.69, 9.17) is 5.73 Å². The second kappa shape index (κ2) is 27.1. The number of phenols is 1. The van der Waals surface area contributed by atoms with Gasteiger partial charge in [-0.25, -0.2) is 0 Å². The van der Waals surface area contributed by atoms with E-state index in [0.717, 1.165) is 0 Å². The van der Waals surface area contributed by atoms with Gasteiger partial charge < -0.3 is 47.0 Å². The molecule has 384 valence electrons. The summed E-state index contributed by atoms with van der Waals surface area (Å²) in [5.41, 5.74) is 6.34. The molecule has 20 heteroatoms. The number of ketones is 2. The first-order chi connectivity index (χ1) is 32.6. The Balaban J connectivity index is 1.73. The first-order valence-electron chi connectivity index (χ1n) is 24.5. The monoisotopic (exact) mass is 1000 g/mol. The second-order valence-electron chi connectivity index (χ2n) is 19.8. The topological polar surface area (TPSA) is 275 Å². The highest BCUT2D eigenvalue weighted by molar-refractivity contribution is 8.76. The van der Waals surface area contributed by atoms with Gasteiger partial charge in [0.2, 0.25) is 41.4 Å². The molecule has 1 aromatic carbocycles. The van der Waals surface area contributed by atoms with E-state index in [9.17, 15) is 53.4 Å². The third-order valence-corrected chi connectivity index (χ3v) is 15.9. The zero-order chi connectivity index (χ0) is 51.1. The van der Waals surface area contributed by atoms with Crippen molar-refractivity contribution in [3.8, 4) is 5.75 Å². The predicted octanol–water partition coefficient (Wildman–Crippen LogP) is 2.65. The Kier molecular flexibility index (Phi) is 22.3. The van der Waals surface area contributed by atoms with E-state index in [1.807, 2.05) is 34.6 Å². The molecular formula is C49H75N7O11S2. The number of primary amides is 1. The Bertz CT molecular complexity index is 1990. The molecule has 0 spiro atoms. The number of benzene rings is 1. The summed E-state index contributed by atoms with van der Waals surface area (Å²) in [6, 6.07) is -0.553. The molecule has 0 bridgehead atoms. The van der Waals surface area contributed by atoms with Crippen molar-refractivity contribution in [3.05, 3.63) is 29.8 Å². The minimum atomic E-state index is -1.39. The fourth-order valence-corrected chi connectivity index (χ4v) is 11.7. The number of amides is 7. The van der Waals surface area contributed by atoms with E-state index in [1.54, 1.807) is 26.0 Å². The number of nitrogens with two attached hydrogens (primary N) is 1. The molecule has 10 atom stereocenters. The molecule has 18 nitrogen and oxygen atoms in total. The van der Waals surface area contributed by atoms with Crippen molar-refractivity contribution < 1.29 is 53.4 Å². The molecule has 8 N–H and O–H groups in total. The van der Waals surface area contributed by atoms with E-state index in [1.165, 1.54) is 43.5 Å². The Morgan fingerprint density at radius 3 is 1.80 bits per heavy atom. The van der Waals surface area contributed by atoms with Crippen molar-refractivity contribution in [2.45, 2.75) is 149 Å². The van der Waals surface area contributed by atoms with Crippen molar-refractivity contribution in [2.75, 3.05) is 31.2 Å². The van der Waals surface area contributed by atoms with Crippen LogP contribution in [0, 0.1) is 35.5 Å². The quantitative estimate of drug-likeness (QED) is 0.166. The maximum atomic E-state index is 14.7. The summed E-state index contributed by atoms with van der Waals surface area (Å²) in [4.78, 5) is 129. The van der Waals surface area contributed by atoms with Crippen LogP contribution < -0.4 is 27.0 Å². The van der Waals surface area contributed by atoms with Gasteiger partial charge >= 0.3 is 0 Å². The Morgan fingerprint density at radius 2 is 1.25 bits per heavy atom. The number of carbonyl (C=O) groups is 9. The second-order valence-corrected chi connectivity index (χ2v) is 22.4. The van der Waals surface area contributed by atoms with Crippen LogP contribution >= 0.6 is 21.6 Å². The number of nitrogens with one attached hydrogen (secondary N) is 4. The zero-order valence-corrected chi connectivity index (χ0v) is 42.8. The Morgan fingerprint density at radius 1 is 0.710 bits per heavy atom. The zero-order valence-electron chi connectivity index (χ0n) is 41.2. The highest BCUT2D eigenvalue weighted by Crippen LogP contribution is 2.29. The van der Waals surface area contributed by atoms with Gasteiger partial charge in [0.25, 0.3) is 0 Å². The van der Waals surface area contributed by atoms with E-state index in [0.29, 0.717) is 44.2 Å². The molecule has 0 aromatic heterocycles. The Labute approximate surface area is 414 Å². The van der Waals surface area contributed by atoms with E-state index < -0.39 is 108 Å². The first kappa shape index (κ1) is 56.9. The van der Waals surface area contributed by atoms with Crippen LogP contribution in [-0.4, -0.2) is 140 Å². The largest absolute Gasteiger partial charge is 0.508 e. The van der Waals surface area contributed by atoms with Crippen molar-refractivity contribution in [2.24, 2.45) is 41.2 Å². The van der Waals surface area contributed by atoms with Crippen LogP contribution in [0.2, 0.25) is 0 Å². The summed E-state index contributed by atoms with van der Waals surface area (Å²) in [5.74, 6) is -7.55. The van der Waals surface area contributed by atoms with Crippen molar-refractivity contribution >= 4 is 74.5 Å². The van der Waals surface area contributed by atoms with Gasteiger partial charge in [0.15, 0.2) is 11.6 Å². The SMILES string of the molecule is CC[C@H](C)[C@@H]1CC(=O)[C@H](CO)NC(=O)[C@@H]2CCCN2C(=O)[C@@H](C)CSSC[C@@H](C(N)=O)NC(=O)[C@H](CC(C)C)CC(=O)[C@H](CC(C)C)NC(=O)[C@@H]2CCCN2C(=O)[C@H](Cc2ccc(O)cc2)NC1=O. The van der Waals surface area contributed by atoms with Crippen LogP contribution in [0.3, 0.4) is 0 Å². The van der Waals surface area contributed by atoms with Gasteiger partial charge in [-0.3, -0.25) is 43.2 Å². The average molecular weight is 1000 g/mol. The summed E-state index contributed by atoms with van der Waals surface area (Å²) in [7, 11) is 2.53. The number of aliphatic hydroxyl groups is 1. The summed E-state index contributed by atoms with van der Waals surface area (Å²) in [6.45, 7) is 12.7. The van der Waals surface area contributed by atoms with Crippen LogP contribution in [0.15, 0.2) is 24.3 Å². The molecule has 3 aliphatic rings. The van der Waals surface area contributed by atoms with Crippen molar-refractivity contribution in [1.29, 1.82) is 0 Å². The smallest absolute Gasteiger partial charge is 0.246 e. The van der Waals surface area contributed by atoms with Gasteiger partial charge in [-0.05, 0) is 74.0 Å². The fourth-order valence-electron chi connectivity index (χ4n) is 9.20. The number of carbonyl (C=O) groups excluding carboxylic acids is 9. The molecule has 3 aliphatic heterocycles. The molecular weight excluding hydrogens is 927 g/mol. The van der Waals surface area contributed by atoms with Crippen LogP contribution in [0.5, 0.6) is 5.75 Å². The molecule has 3 saturated heterocycles. The number of hydrogen-bond acceptors (Lipinski definition) is 13. The van der Waals surface area contributed by atoms with Gasteiger partial charge in [0.05, 0.1) is 12.6 Å². The third kappa shape index (κ3) is 16.4. The molecule has 69 heavy (non-hydrogen) atoms. The number of fused-ring (bicyclic) bond motifs is 2. The fraction of sp³-hybridized carbons (Fsp3) is 0.694. The minimum absolute atomic E-state index is 0.0102. The maximum Gasteiger partial charge on any atom is 0.246 e. The number of Topliss-reactive ketones (excluding diaryl/α,β-unsaturated/α-hetero) is 2. The lowest BCUT2D eigenvalue weighted by molar-refractivity contribution is -0.143. The van der Waals surface area contributed by atoms with Gasteiger partial charge in [-0.2, -0.15) is 0 Å². The minimum Gasteiger partial charge on any atom is -0.508 e. The number of hydrogen-bond donors (Lipinski definition) is 7. The van der Waals surface area contributed by atoms with Gasteiger partial charge in [-0.1, -0.05) is 88.6 Å². The van der Waals surface area contributed by atoms with Crippen LogP contribution in [0.1, 0.15) is 112 Å². The van der Waals surface area contributed by atoms with Crippen molar-refractivity contribution in [3.63, 3.8) is 0 Å². The average Bonchev–Trinajstić information content (AvgIpc) is 4.01. The van der Waals surface area contributed by atoms with Crippen LogP contribution in [-0.2, 0) is 49.6 Å². The lowest BCUT2D eigenvalue weighted by Gasteiger charge is -2.32. The summed E-state index contributed by atoms with van der Waals surface area (Å²) < 4.78 is 0. The number of phenolic OH excluding ortho intramolecular Hbond substituents is 1. The summed E-state index contributed by atoms with van der Waals surface area (Å²) >= 11 is 0. The molecule has 0 saturated carbocycles. The van der Waals surface area contributed by atoms with Gasteiger partial charge in [0.1, 0.15) is 36.0 Å². The molecule has 0 radical (unpaired) electrons. The molecule has 0 unspecified atom stereocenters. The van der Waals surface area contributed by atoms with Crippen molar-refractivity contribution in [1.82, 2.24) is 31.1 Å². The highest BCUT2D eigenvalue weighted by Gasteiger charge is 2.42. The standard InChI is InChI=1S/C49H75N7O11S2/c1-8-29(6)34-23-42(60)37(24-57)53-47(65)39-11-9-17-55(39)48(66)30(7)25-68-69-26-38(43(50)61)54-44(62)32(19-27(2)3)22-41(59)35(20-28(4)5)51-46(64)40-12-10-18-56(40)49(67)36(52-45(34)63)21-31-13-15-33(58)16-14-31/h13-16,27-30,32,34-40,57-58H,8-12,17-26H2,1-7H3,(H2,50,61)(H,51,64)(H,52,63)(H,53,65)(H,54,62)/t29-,30-,32+,34-,35-,36-,37-,38-,39-,40-/m0/s1. The number of nitrogens with zero attached hydrogens (tertiary/aromatic N) is 2. The van der Waals surface area contributed by atoms with E-state index in [-0.39, 0.29) is 79.4 Å². The molecule has 3 heterocycles. The van der Waals surface area contributed by atoms with Gasteiger partial charge in [0, 0.05) is 61.6 Å². The lowest BCUT2D eigenvalue weighted by Crippen LogP contribution is -2.57. The lowest BCUT2D eigenvalue weighted by atomic mass is 9.85. The number of rotatable bonds is 10. The van der Waals surface area contributed by atoms with E-state index >= 15 is 0 Å². The van der Waals surface area contributed by atoms with Crippen LogP contribution in [0.25, 0.3) is 0 Å². The number of aromatic hydroxyl groups is 1. The van der Waals surface area contributed by atoms with E-state index in [2.05, 4.69) is 21.3 Å². The van der Waals surface area contributed by atoms with Crippen LogP contribution in [0.4, 0.5) is 0 Å². The highest BCUT2D eigenvalue weighted by atomic mass is 33.1. The molecule has 3 fully saturated rings. The molecule has 0 aliphatic carbocycles. The number of aliphatic hydroxyl groups excluding tert-OH is 1. The molecule has 1 aromatic rings. The maximum absolute atomic E-state index is 14.7. The third-order valence-electron chi connectivity index (χ3n) is 13.3. The molecule has 4 rings (SSSR count). The predicted molar refractivity (Wildman–Crippen MR) is 264 cm³/mol. The first-order valence-corrected chi connectivity index (χ1v) is 26.9. The summed E-state index contributed by atoms with van der Waals surface area (Å²) in [6.07, 6.45) is 1.92. The molecule has 7 amide bonds.